The molecule has 3 fully saturated rings. The fourth-order valence-electron chi connectivity index (χ4n) is 11.1. The van der Waals surface area contributed by atoms with E-state index in [9.17, 15) is 61.0 Å². The fraction of sp³-hybridized carbons (Fsp3) is 0.891. The number of hydrogen-bond acceptors (Lipinski definition) is 18. The van der Waals surface area contributed by atoms with Crippen LogP contribution >= 0.6 is 0 Å². The highest BCUT2D eigenvalue weighted by Gasteiger charge is 2.53. The molecule has 3 heterocycles. The van der Waals surface area contributed by atoms with E-state index in [-0.39, 0.29) is 18.9 Å². The lowest BCUT2D eigenvalue weighted by Crippen LogP contribution is -2.66. The first-order chi connectivity index (χ1) is 40.3. The van der Waals surface area contributed by atoms with Crippen LogP contribution < -0.4 is 5.32 Å². The van der Waals surface area contributed by atoms with Gasteiger partial charge >= 0.3 is 0 Å². The number of rotatable bonds is 49. The number of carbonyl (C=O) groups excluding carboxylic acids is 1. The van der Waals surface area contributed by atoms with Gasteiger partial charge in [0.2, 0.25) is 5.91 Å². The predicted molar refractivity (Wildman–Crippen MR) is 319 cm³/mol. The van der Waals surface area contributed by atoms with Gasteiger partial charge < -0.3 is 89.9 Å². The van der Waals surface area contributed by atoms with Gasteiger partial charge in [-0.3, -0.25) is 4.79 Å². The zero-order valence-corrected chi connectivity index (χ0v) is 50.9. The average molecular weight is 1190 g/mol. The fourth-order valence-corrected chi connectivity index (χ4v) is 11.1. The van der Waals surface area contributed by atoms with E-state index in [0.29, 0.717) is 12.8 Å². The van der Waals surface area contributed by atoms with Gasteiger partial charge in [0.1, 0.15) is 73.2 Å². The Bertz CT molecular complexity index is 1660. The Morgan fingerprint density at radius 2 is 0.795 bits per heavy atom. The molecule has 486 valence electrons. The Labute approximate surface area is 498 Å². The Balaban J connectivity index is 1.43. The zero-order valence-electron chi connectivity index (χ0n) is 50.9. The van der Waals surface area contributed by atoms with Gasteiger partial charge in [-0.25, -0.2) is 0 Å². The summed E-state index contributed by atoms with van der Waals surface area (Å²) in [5.74, 6) is -0.247. The molecule has 19 heteroatoms. The van der Waals surface area contributed by atoms with E-state index >= 15 is 0 Å². The first-order valence-electron chi connectivity index (χ1n) is 32.7. The molecule has 17 unspecified atom stereocenters. The van der Waals surface area contributed by atoms with Crippen molar-refractivity contribution in [1.82, 2.24) is 5.32 Å². The first-order valence-corrected chi connectivity index (χ1v) is 32.7. The molecule has 1 amide bonds. The second-order valence-corrected chi connectivity index (χ2v) is 23.6. The minimum absolute atomic E-state index is 0.247. The SMILES string of the molecule is CCCCCCC/C=C\C/C=C\C/C=C\CCCCCCCCCCCCC(=O)NC(COC1OC(CO)C(OC2OC(CO)C(OC3OC(CO)C(O)C(O)C3O)C(O)C2O)C(O)C1O)C(O)CCCCCCCCCCCCCCC. The van der Waals surface area contributed by atoms with Crippen molar-refractivity contribution in [3.63, 3.8) is 0 Å². The molecule has 83 heavy (non-hydrogen) atoms. The number of hydrogen-bond donors (Lipinski definition) is 12. The van der Waals surface area contributed by atoms with Crippen LogP contribution in [0.1, 0.15) is 232 Å². The molecular formula is C64H117NO18. The largest absolute Gasteiger partial charge is 0.394 e. The highest BCUT2D eigenvalue weighted by Crippen LogP contribution is 2.33. The van der Waals surface area contributed by atoms with E-state index in [0.717, 1.165) is 64.2 Å². The maximum Gasteiger partial charge on any atom is 0.220 e. The lowest BCUT2D eigenvalue weighted by molar-refractivity contribution is -0.379. The minimum atomic E-state index is -1.97. The first kappa shape index (κ1) is 75.3. The van der Waals surface area contributed by atoms with Crippen molar-refractivity contribution in [3.05, 3.63) is 36.5 Å². The maximum atomic E-state index is 13.4. The van der Waals surface area contributed by atoms with Gasteiger partial charge in [-0.05, 0) is 51.4 Å². The number of carbonyl (C=O) groups is 1. The summed E-state index contributed by atoms with van der Waals surface area (Å²) in [6.45, 7) is 1.78. The molecular weight excluding hydrogens is 1070 g/mol. The number of nitrogens with one attached hydrogen (secondary N) is 1. The highest BCUT2D eigenvalue weighted by molar-refractivity contribution is 5.76. The molecule has 0 spiro atoms. The third-order valence-corrected chi connectivity index (χ3v) is 16.5. The number of amides is 1. The molecule has 0 radical (unpaired) electrons. The lowest BCUT2D eigenvalue weighted by atomic mass is 9.96. The van der Waals surface area contributed by atoms with Gasteiger partial charge in [0.05, 0.1) is 38.6 Å². The second-order valence-electron chi connectivity index (χ2n) is 23.6. The van der Waals surface area contributed by atoms with E-state index in [4.69, 9.17) is 28.4 Å². The monoisotopic (exact) mass is 1190 g/mol. The van der Waals surface area contributed by atoms with Crippen molar-refractivity contribution in [3.8, 4) is 0 Å². The summed E-state index contributed by atoms with van der Waals surface area (Å²) in [7, 11) is 0. The summed E-state index contributed by atoms with van der Waals surface area (Å²) < 4.78 is 34.3. The van der Waals surface area contributed by atoms with Gasteiger partial charge in [-0.2, -0.15) is 0 Å². The number of ether oxygens (including phenoxy) is 6. The van der Waals surface area contributed by atoms with Crippen LogP contribution in [0.5, 0.6) is 0 Å². The topological polar surface area (TPSA) is 307 Å². The summed E-state index contributed by atoms with van der Waals surface area (Å²) >= 11 is 0. The summed E-state index contributed by atoms with van der Waals surface area (Å²) in [5.41, 5.74) is 0. The van der Waals surface area contributed by atoms with E-state index in [1.807, 2.05) is 0 Å². The average Bonchev–Trinajstić information content (AvgIpc) is 3.57. The molecule has 19 nitrogen and oxygen atoms in total. The van der Waals surface area contributed by atoms with Crippen molar-refractivity contribution in [1.29, 1.82) is 0 Å². The smallest absolute Gasteiger partial charge is 0.220 e. The van der Waals surface area contributed by atoms with E-state index < -0.39 is 124 Å². The van der Waals surface area contributed by atoms with Gasteiger partial charge in [-0.1, -0.05) is 211 Å². The molecule has 3 rings (SSSR count). The molecule has 0 aromatic rings. The van der Waals surface area contributed by atoms with Gasteiger partial charge in [0, 0.05) is 6.42 Å². The Morgan fingerprint density at radius 1 is 0.434 bits per heavy atom. The van der Waals surface area contributed by atoms with E-state index in [2.05, 4.69) is 55.6 Å². The molecule has 0 aromatic heterocycles. The van der Waals surface area contributed by atoms with Crippen molar-refractivity contribution >= 4 is 5.91 Å². The van der Waals surface area contributed by atoms with Gasteiger partial charge in [0.25, 0.3) is 0 Å². The highest BCUT2D eigenvalue weighted by atomic mass is 16.8. The number of allylic oxidation sites excluding steroid dienone is 6. The molecule has 3 aliphatic rings. The molecule has 17 atom stereocenters. The van der Waals surface area contributed by atoms with Crippen molar-refractivity contribution in [2.24, 2.45) is 0 Å². The Hall–Kier alpha value is -1.99. The van der Waals surface area contributed by atoms with E-state index in [1.165, 1.54) is 135 Å². The van der Waals surface area contributed by atoms with Gasteiger partial charge in [-0.15, -0.1) is 0 Å². The number of aliphatic hydroxyl groups is 11. The van der Waals surface area contributed by atoms with Crippen LogP contribution in [0.2, 0.25) is 0 Å². The summed E-state index contributed by atoms with van der Waals surface area (Å²) in [6.07, 6.45) is 25.1. The number of unbranched alkanes of at least 4 members (excludes halogenated alkanes) is 27. The summed E-state index contributed by atoms with van der Waals surface area (Å²) in [4.78, 5) is 13.4. The van der Waals surface area contributed by atoms with Crippen LogP contribution in [-0.4, -0.2) is 193 Å². The van der Waals surface area contributed by atoms with Crippen molar-refractivity contribution in [2.45, 2.75) is 336 Å². The van der Waals surface area contributed by atoms with E-state index in [1.54, 1.807) is 0 Å². The Morgan fingerprint density at radius 3 is 1.24 bits per heavy atom. The van der Waals surface area contributed by atoms with Crippen LogP contribution in [0.25, 0.3) is 0 Å². The van der Waals surface area contributed by atoms with Gasteiger partial charge in [0.15, 0.2) is 18.9 Å². The maximum absolute atomic E-state index is 13.4. The number of aliphatic hydroxyl groups excluding tert-OH is 11. The third kappa shape index (κ3) is 30.2. The normalized spacial score (nSPS) is 29.6. The standard InChI is InChI=1S/C64H117NO18/c1-3-5-7-9-11-13-15-17-18-19-20-21-22-23-24-25-26-27-28-30-32-34-36-38-40-42-52(70)65-47(48(69)41-39-37-35-33-31-29-16-14-12-10-8-6-4-2)46-78-62-58(76)55(73)60(50(44-67)80-62)83-64-59(77)56(74)61(51(45-68)81-64)82-63-57(75)54(72)53(71)49(43-66)79-63/h15,17,19-20,22-23,47-51,53-64,66-69,71-77H,3-14,16,18,21,24-46H2,1-2H3,(H,65,70)/b17-15-,20-19-,23-22-. The molecule has 0 bridgehead atoms. The van der Waals surface area contributed by atoms with Crippen molar-refractivity contribution in [2.75, 3.05) is 26.4 Å². The second kappa shape index (κ2) is 47.1. The lowest BCUT2D eigenvalue weighted by Gasteiger charge is -2.48. The molecule has 0 saturated carbocycles. The van der Waals surface area contributed by atoms with Crippen LogP contribution in [0.3, 0.4) is 0 Å². The van der Waals surface area contributed by atoms with Crippen molar-refractivity contribution < 1.29 is 89.4 Å². The minimum Gasteiger partial charge on any atom is -0.394 e. The molecule has 3 aliphatic heterocycles. The van der Waals surface area contributed by atoms with Crippen LogP contribution in [0, 0.1) is 0 Å². The third-order valence-electron chi connectivity index (χ3n) is 16.5. The zero-order chi connectivity index (χ0) is 60.5. The summed E-state index contributed by atoms with van der Waals surface area (Å²) in [6, 6.07) is -0.889. The molecule has 0 aromatic carbocycles. The van der Waals surface area contributed by atoms with Crippen LogP contribution in [-0.2, 0) is 33.2 Å². The molecule has 0 aliphatic carbocycles. The molecule has 3 saturated heterocycles. The predicted octanol–water partition coefficient (Wildman–Crippen LogP) is 7.27. The summed E-state index contributed by atoms with van der Waals surface area (Å²) in [5, 5.41) is 120. The van der Waals surface area contributed by atoms with Crippen LogP contribution in [0.4, 0.5) is 0 Å². The quantitative estimate of drug-likeness (QED) is 0.0211. The molecule has 12 N–H and O–H groups in total. The Kier molecular flexibility index (Phi) is 42.7. The van der Waals surface area contributed by atoms with Crippen LogP contribution in [0.15, 0.2) is 36.5 Å².